The molecule has 146 valence electrons. The predicted molar refractivity (Wildman–Crippen MR) is 104 cm³/mol. The van der Waals surface area contributed by atoms with Gasteiger partial charge in [0.15, 0.2) is 0 Å². The van der Waals surface area contributed by atoms with Crippen LogP contribution in [0, 0.1) is 18.6 Å². The maximum Gasteiger partial charge on any atom is 0.233 e. The highest BCUT2D eigenvalue weighted by Gasteiger charge is 2.34. The second-order valence-corrected chi connectivity index (χ2v) is 7.19. The van der Waals surface area contributed by atoms with Crippen molar-refractivity contribution in [2.75, 3.05) is 5.32 Å². The molecular weight excluding hydrogens is 376 g/mol. The van der Waals surface area contributed by atoms with Crippen LogP contribution < -0.4 is 5.32 Å². The summed E-state index contributed by atoms with van der Waals surface area (Å²) in [6, 6.07) is 11.1. The zero-order valence-electron chi connectivity index (χ0n) is 15.8. The third-order valence-corrected chi connectivity index (χ3v) is 5.39. The van der Waals surface area contributed by atoms with Crippen molar-refractivity contribution in [2.24, 2.45) is 7.05 Å². The van der Waals surface area contributed by atoms with Crippen molar-refractivity contribution in [3.63, 3.8) is 0 Å². The van der Waals surface area contributed by atoms with Gasteiger partial charge >= 0.3 is 0 Å². The van der Waals surface area contributed by atoms with Gasteiger partial charge in [0.05, 0.1) is 16.7 Å². The number of carbonyl (C=O) groups is 1. The fourth-order valence-corrected chi connectivity index (χ4v) is 4.06. The molecule has 1 aliphatic rings. The van der Waals surface area contributed by atoms with E-state index in [2.05, 4.69) is 15.4 Å². The number of aromatic nitrogens is 4. The minimum absolute atomic E-state index is 0.0601. The number of para-hydroxylation sites is 2. The zero-order valence-corrected chi connectivity index (χ0v) is 15.8. The Labute approximate surface area is 164 Å². The van der Waals surface area contributed by atoms with Crippen LogP contribution in [0.2, 0.25) is 0 Å². The highest BCUT2D eigenvalue weighted by molar-refractivity contribution is 5.95. The number of hydrogen-bond acceptors (Lipinski definition) is 3. The number of carbonyl (C=O) groups excluding carboxylic acids is 1. The van der Waals surface area contributed by atoms with Crippen molar-refractivity contribution < 1.29 is 13.6 Å². The van der Waals surface area contributed by atoms with Crippen molar-refractivity contribution in [3.8, 4) is 5.95 Å². The number of halogens is 2. The van der Waals surface area contributed by atoms with E-state index < -0.39 is 17.6 Å². The molecule has 1 amide bonds. The van der Waals surface area contributed by atoms with E-state index in [0.717, 1.165) is 17.1 Å². The SMILES string of the molecule is Cc1nn(-c2nc3ccccc3n2C)c2c1[C@H](c1ccc(F)cc1F)CC(=O)N2. The van der Waals surface area contributed by atoms with Gasteiger partial charge in [0.2, 0.25) is 11.9 Å². The normalized spacial score (nSPS) is 16.1. The lowest BCUT2D eigenvalue weighted by molar-refractivity contribution is -0.116. The van der Waals surface area contributed by atoms with E-state index in [0.29, 0.717) is 23.0 Å². The number of hydrogen-bond donors (Lipinski definition) is 1. The predicted octanol–water partition coefficient (Wildman–Crippen LogP) is 3.82. The molecule has 1 aliphatic heterocycles. The molecule has 3 heterocycles. The lowest BCUT2D eigenvalue weighted by Gasteiger charge is -2.24. The average molecular weight is 393 g/mol. The molecule has 1 atom stereocenters. The Hall–Kier alpha value is -3.55. The summed E-state index contributed by atoms with van der Waals surface area (Å²) in [5.41, 5.74) is 3.36. The number of imidazole rings is 1. The molecule has 8 heteroatoms. The zero-order chi connectivity index (χ0) is 20.3. The molecule has 2 aromatic heterocycles. The topological polar surface area (TPSA) is 64.7 Å². The second kappa shape index (κ2) is 6.23. The maximum atomic E-state index is 14.5. The monoisotopic (exact) mass is 393 g/mol. The minimum atomic E-state index is -0.675. The largest absolute Gasteiger partial charge is 0.311 e. The van der Waals surface area contributed by atoms with Crippen molar-refractivity contribution in [1.29, 1.82) is 0 Å². The standard InChI is InChI=1S/C21H17F2N5O/c1-11-19-14(13-8-7-12(22)9-15(13)23)10-18(29)25-20(19)28(26-11)21-24-16-5-3-4-6-17(16)27(21)2/h3-9,14H,10H2,1-2H3,(H,25,29)/t14-/m0/s1. The molecule has 0 bridgehead atoms. The van der Waals surface area contributed by atoms with Crippen LogP contribution in [-0.2, 0) is 11.8 Å². The third kappa shape index (κ3) is 2.63. The summed E-state index contributed by atoms with van der Waals surface area (Å²) in [5, 5.41) is 7.46. The summed E-state index contributed by atoms with van der Waals surface area (Å²) in [5.74, 6) is -1.14. The first-order valence-corrected chi connectivity index (χ1v) is 9.20. The van der Waals surface area contributed by atoms with Crippen LogP contribution in [0.25, 0.3) is 17.0 Å². The number of amides is 1. The van der Waals surface area contributed by atoms with E-state index in [1.807, 2.05) is 42.8 Å². The Morgan fingerprint density at radius 2 is 1.97 bits per heavy atom. The molecule has 2 aromatic carbocycles. The van der Waals surface area contributed by atoms with Crippen LogP contribution in [0.1, 0.15) is 29.2 Å². The fourth-order valence-electron chi connectivity index (χ4n) is 4.06. The lowest BCUT2D eigenvalue weighted by atomic mass is 9.85. The molecule has 0 radical (unpaired) electrons. The van der Waals surface area contributed by atoms with Gasteiger partial charge in [-0.25, -0.2) is 13.8 Å². The first kappa shape index (κ1) is 17.5. The van der Waals surface area contributed by atoms with Gasteiger partial charge in [-0.05, 0) is 30.7 Å². The van der Waals surface area contributed by atoms with Gasteiger partial charge in [-0.15, -0.1) is 0 Å². The van der Waals surface area contributed by atoms with Gasteiger partial charge in [0.25, 0.3) is 0 Å². The molecule has 0 aliphatic carbocycles. The van der Waals surface area contributed by atoms with Crippen LogP contribution >= 0.6 is 0 Å². The first-order chi connectivity index (χ1) is 13.9. The molecule has 4 aromatic rings. The number of nitrogens with one attached hydrogen (secondary N) is 1. The number of fused-ring (bicyclic) bond motifs is 2. The molecule has 29 heavy (non-hydrogen) atoms. The molecule has 0 saturated carbocycles. The van der Waals surface area contributed by atoms with Gasteiger partial charge < -0.3 is 9.88 Å². The summed E-state index contributed by atoms with van der Waals surface area (Å²) in [6.07, 6.45) is 0.0601. The van der Waals surface area contributed by atoms with Crippen molar-refractivity contribution in [1.82, 2.24) is 19.3 Å². The van der Waals surface area contributed by atoms with E-state index in [4.69, 9.17) is 0 Å². The van der Waals surface area contributed by atoms with Crippen LogP contribution in [0.3, 0.4) is 0 Å². The quantitative estimate of drug-likeness (QED) is 0.563. The summed E-state index contributed by atoms with van der Waals surface area (Å²) in [4.78, 5) is 17.1. The van der Waals surface area contributed by atoms with Crippen LogP contribution in [0.15, 0.2) is 42.5 Å². The fraction of sp³-hybridized carbons (Fsp3) is 0.190. The van der Waals surface area contributed by atoms with Crippen molar-refractivity contribution in [2.45, 2.75) is 19.3 Å². The lowest BCUT2D eigenvalue weighted by Crippen LogP contribution is -2.25. The van der Waals surface area contributed by atoms with Gasteiger partial charge in [0, 0.05) is 31.0 Å². The van der Waals surface area contributed by atoms with Crippen LogP contribution in [0.5, 0.6) is 0 Å². The Morgan fingerprint density at radius 1 is 1.17 bits per heavy atom. The molecular formula is C21H17F2N5O. The summed E-state index contributed by atoms with van der Waals surface area (Å²) < 4.78 is 31.4. The highest BCUT2D eigenvalue weighted by atomic mass is 19.1. The molecule has 1 N–H and O–H groups in total. The van der Waals surface area contributed by atoms with Gasteiger partial charge in [0.1, 0.15) is 17.5 Å². The van der Waals surface area contributed by atoms with E-state index in [9.17, 15) is 13.6 Å². The second-order valence-electron chi connectivity index (χ2n) is 7.19. The number of aryl methyl sites for hydroxylation is 2. The first-order valence-electron chi connectivity index (χ1n) is 9.20. The Bertz CT molecular complexity index is 1290. The summed E-state index contributed by atoms with van der Waals surface area (Å²) >= 11 is 0. The van der Waals surface area contributed by atoms with E-state index in [1.54, 1.807) is 4.68 Å². The highest BCUT2D eigenvalue weighted by Crippen LogP contribution is 2.41. The third-order valence-electron chi connectivity index (χ3n) is 5.39. The Morgan fingerprint density at radius 3 is 2.72 bits per heavy atom. The number of nitrogens with zero attached hydrogens (tertiary/aromatic N) is 4. The number of rotatable bonds is 2. The van der Waals surface area contributed by atoms with E-state index in [-0.39, 0.29) is 17.9 Å². The minimum Gasteiger partial charge on any atom is -0.311 e. The molecule has 0 fully saturated rings. The van der Waals surface area contributed by atoms with Crippen molar-refractivity contribution >= 4 is 22.8 Å². The smallest absolute Gasteiger partial charge is 0.233 e. The van der Waals surface area contributed by atoms with Crippen molar-refractivity contribution in [3.05, 3.63) is 70.9 Å². The molecule has 6 nitrogen and oxygen atoms in total. The van der Waals surface area contributed by atoms with Crippen LogP contribution in [-0.4, -0.2) is 25.2 Å². The van der Waals surface area contributed by atoms with E-state index in [1.165, 1.54) is 12.1 Å². The maximum absolute atomic E-state index is 14.5. The van der Waals surface area contributed by atoms with Crippen LogP contribution in [0.4, 0.5) is 14.6 Å². The van der Waals surface area contributed by atoms with Gasteiger partial charge in [-0.2, -0.15) is 9.78 Å². The Balaban J connectivity index is 1.72. The van der Waals surface area contributed by atoms with Gasteiger partial charge in [-0.3, -0.25) is 4.79 Å². The number of benzene rings is 2. The molecule has 0 spiro atoms. The number of anilines is 1. The molecule has 0 unspecified atom stereocenters. The molecule has 0 saturated heterocycles. The average Bonchev–Trinajstić information content (AvgIpc) is 3.19. The Kier molecular flexibility index (Phi) is 3.77. The summed E-state index contributed by atoms with van der Waals surface area (Å²) in [6.45, 7) is 1.81. The van der Waals surface area contributed by atoms with E-state index >= 15 is 0 Å². The summed E-state index contributed by atoms with van der Waals surface area (Å²) in [7, 11) is 1.87. The molecule has 5 rings (SSSR count). The van der Waals surface area contributed by atoms with Gasteiger partial charge in [-0.1, -0.05) is 18.2 Å².